The summed E-state index contributed by atoms with van der Waals surface area (Å²) in [4.78, 5) is 4.83. The fourth-order valence-electron chi connectivity index (χ4n) is 2.86. The molecule has 0 amide bonds. The fraction of sp³-hybridized carbons (Fsp3) is 0.438. The van der Waals surface area contributed by atoms with Gasteiger partial charge in [-0.1, -0.05) is 19.1 Å². The third kappa shape index (κ3) is 1.98. The van der Waals surface area contributed by atoms with Gasteiger partial charge in [-0.25, -0.2) is 9.99 Å². The van der Waals surface area contributed by atoms with Crippen LogP contribution in [-0.2, 0) is 12.8 Å². The second kappa shape index (κ2) is 4.20. The highest BCUT2D eigenvalue weighted by Gasteiger charge is 2.31. The van der Waals surface area contributed by atoms with Crippen LogP contribution in [0.1, 0.15) is 32.3 Å². The average molecular weight is 255 g/mol. The third-order valence-corrected chi connectivity index (χ3v) is 4.23. The minimum Gasteiger partial charge on any atom is -0.303 e. The van der Waals surface area contributed by atoms with Gasteiger partial charge in [0.15, 0.2) is 0 Å². The summed E-state index contributed by atoms with van der Waals surface area (Å²) in [6.45, 7) is 3.30. The number of nitrogens with one attached hydrogen (secondary N) is 1. The number of benzene rings is 1. The molecule has 2 aromatic rings. The van der Waals surface area contributed by atoms with Crippen LogP contribution in [0.4, 0.5) is 5.82 Å². The van der Waals surface area contributed by atoms with Crippen molar-refractivity contribution >= 4 is 16.7 Å². The van der Waals surface area contributed by atoms with Crippen LogP contribution in [-0.4, -0.2) is 22.6 Å². The fourth-order valence-corrected chi connectivity index (χ4v) is 2.86. The van der Waals surface area contributed by atoms with Crippen molar-refractivity contribution in [3.05, 3.63) is 35.4 Å². The minimum atomic E-state index is 0. The smallest absolute Gasteiger partial charge is 0.144 e. The van der Waals surface area contributed by atoms with Gasteiger partial charge in [-0.2, -0.15) is 0 Å². The van der Waals surface area contributed by atoms with Crippen LogP contribution >= 0.6 is 0 Å². The molecule has 1 aromatic heterocycles. The number of rotatable bonds is 2. The highest BCUT2D eigenvalue weighted by atomic mass is 15.5. The molecule has 0 bridgehead atoms. The van der Waals surface area contributed by atoms with E-state index in [4.69, 9.17) is 4.98 Å². The Morgan fingerprint density at radius 1 is 1.37 bits per heavy atom. The molecule has 3 heteroatoms. The van der Waals surface area contributed by atoms with E-state index in [2.05, 4.69) is 41.6 Å². The van der Waals surface area contributed by atoms with Crippen molar-refractivity contribution < 1.29 is 1.43 Å². The zero-order valence-electron chi connectivity index (χ0n) is 11.3. The third-order valence-electron chi connectivity index (χ3n) is 4.23. The molecule has 1 saturated carbocycles. The predicted octanol–water partition coefficient (Wildman–Crippen LogP) is 3.39. The number of hydrazine groups is 1. The van der Waals surface area contributed by atoms with Crippen LogP contribution < -0.4 is 5.43 Å². The van der Waals surface area contributed by atoms with Crippen molar-refractivity contribution in [2.24, 2.45) is 0 Å². The number of anilines is 1. The van der Waals surface area contributed by atoms with Crippen molar-refractivity contribution in [2.75, 3.05) is 12.0 Å². The number of fused-ring (bicyclic) bond motifs is 2. The van der Waals surface area contributed by atoms with Gasteiger partial charge in [0, 0.05) is 19.4 Å². The number of hydrogen-bond acceptors (Lipinski definition) is 3. The van der Waals surface area contributed by atoms with Gasteiger partial charge < -0.3 is 5.43 Å². The molecule has 0 radical (unpaired) electrons. The maximum atomic E-state index is 4.83. The molecule has 1 aliphatic heterocycles. The summed E-state index contributed by atoms with van der Waals surface area (Å²) in [5.74, 6) is 1.07. The number of aromatic nitrogens is 1. The molecule has 2 heterocycles. The number of aryl methyl sites for hydroxylation is 1. The van der Waals surface area contributed by atoms with Gasteiger partial charge in [0.25, 0.3) is 0 Å². The van der Waals surface area contributed by atoms with Crippen LogP contribution in [0.3, 0.4) is 0 Å². The lowest BCUT2D eigenvalue weighted by Gasteiger charge is -2.29. The number of nitrogens with zero attached hydrogens (tertiary/aromatic N) is 2. The van der Waals surface area contributed by atoms with Crippen LogP contribution in [0, 0.1) is 0 Å². The van der Waals surface area contributed by atoms with E-state index in [9.17, 15) is 0 Å². The van der Waals surface area contributed by atoms with Crippen LogP contribution in [0.2, 0.25) is 0 Å². The number of pyridine rings is 1. The molecule has 1 fully saturated rings. The molecule has 100 valence electrons. The molecular weight excluding hydrogens is 234 g/mol. The summed E-state index contributed by atoms with van der Waals surface area (Å²) in [6, 6.07) is 9.67. The van der Waals surface area contributed by atoms with Gasteiger partial charge in [-0.15, -0.1) is 0 Å². The standard InChI is InChI=1S/C16H19N3.H2/c1-2-11-3-4-12-10-13-7-8-19(14-5-6-14)18-16(13)17-15(12)9-11;/h3-4,9-10,14H,2,5-8H2,1H3,(H,17,18);1H. The molecule has 2 aliphatic rings. The summed E-state index contributed by atoms with van der Waals surface area (Å²) >= 11 is 0. The van der Waals surface area contributed by atoms with Gasteiger partial charge in [0.2, 0.25) is 0 Å². The molecule has 1 aliphatic carbocycles. The Kier molecular flexibility index (Phi) is 2.49. The minimum absolute atomic E-state index is 0. The first-order valence-electron chi connectivity index (χ1n) is 7.29. The lowest BCUT2D eigenvalue weighted by Crippen LogP contribution is -2.38. The second-order valence-corrected chi connectivity index (χ2v) is 5.66. The zero-order valence-corrected chi connectivity index (χ0v) is 11.3. The van der Waals surface area contributed by atoms with Crippen molar-refractivity contribution in [1.29, 1.82) is 0 Å². The lowest BCUT2D eigenvalue weighted by molar-refractivity contribution is 0.310. The molecule has 1 aromatic carbocycles. The lowest BCUT2D eigenvalue weighted by atomic mass is 10.1. The SMILES string of the molecule is CCc1ccc2cc3c(nc2c1)NN(C1CC1)CC3.[HH]. The molecule has 0 unspecified atom stereocenters. The van der Waals surface area contributed by atoms with Gasteiger partial charge in [-0.05, 0) is 48.9 Å². The summed E-state index contributed by atoms with van der Waals surface area (Å²) in [6.07, 6.45) is 4.83. The summed E-state index contributed by atoms with van der Waals surface area (Å²) in [7, 11) is 0. The van der Waals surface area contributed by atoms with Crippen LogP contribution in [0.25, 0.3) is 10.9 Å². The maximum Gasteiger partial charge on any atom is 0.144 e. The monoisotopic (exact) mass is 255 g/mol. The van der Waals surface area contributed by atoms with E-state index in [0.29, 0.717) is 0 Å². The quantitative estimate of drug-likeness (QED) is 0.891. The van der Waals surface area contributed by atoms with E-state index >= 15 is 0 Å². The first-order valence-corrected chi connectivity index (χ1v) is 7.29. The van der Waals surface area contributed by atoms with Gasteiger partial charge in [-0.3, -0.25) is 0 Å². The highest BCUT2D eigenvalue weighted by Crippen LogP contribution is 2.32. The Balaban J connectivity index is 0.00000121. The topological polar surface area (TPSA) is 28.2 Å². The summed E-state index contributed by atoms with van der Waals surface area (Å²) < 4.78 is 0. The van der Waals surface area contributed by atoms with E-state index in [1.165, 1.54) is 29.4 Å². The van der Waals surface area contributed by atoms with E-state index in [-0.39, 0.29) is 1.43 Å². The number of hydrogen-bond donors (Lipinski definition) is 1. The van der Waals surface area contributed by atoms with Crippen molar-refractivity contribution in [3.8, 4) is 0 Å². The zero-order chi connectivity index (χ0) is 12.8. The Hall–Kier alpha value is -1.61. The van der Waals surface area contributed by atoms with Crippen molar-refractivity contribution in [1.82, 2.24) is 9.99 Å². The molecular formula is C16H21N3. The average Bonchev–Trinajstić information content (AvgIpc) is 3.28. The molecule has 0 spiro atoms. The summed E-state index contributed by atoms with van der Waals surface area (Å²) in [5, 5.41) is 3.63. The first-order chi connectivity index (χ1) is 9.33. The van der Waals surface area contributed by atoms with Gasteiger partial charge in [0.1, 0.15) is 5.82 Å². The molecule has 0 atom stereocenters. The second-order valence-electron chi connectivity index (χ2n) is 5.66. The molecule has 0 saturated heterocycles. The largest absolute Gasteiger partial charge is 0.303 e. The van der Waals surface area contributed by atoms with E-state index in [1.54, 1.807) is 0 Å². The van der Waals surface area contributed by atoms with Gasteiger partial charge in [0.05, 0.1) is 5.52 Å². The van der Waals surface area contributed by atoms with E-state index in [0.717, 1.165) is 36.8 Å². The first kappa shape index (κ1) is 11.2. The Morgan fingerprint density at radius 3 is 3.05 bits per heavy atom. The van der Waals surface area contributed by atoms with Crippen LogP contribution in [0.5, 0.6) is 0 Å². The van der Waals surface area contributed by atoms with E-state index < -0.39 is 0 Å². The normalized spacial score (nSPS) is 19.2. The van der Waals surface area contributed by atoms with Crippen molar-refractivity contribution in [2.45, 2.75) is 38.6 Å². The molecule has 4 rings (SSSR count). The molecule has 1 N–H and O–H groups in total. The Bertz CT molecular complexity index is 637. The van der Waals surface area contributed by atoms with E-state index in [1.807, 2.05) is 0 Å². The maximum absolute atomic E-state index is 4.83. The van der Waals surface area contributed by atoms with Crippen LogP contribution in [0.15, 0.2) is 24.3 Å². The summed E-state index contributed by atoms with van der Waals surface area (Å²) in [5.41, 5.74) is 7.34. The Labute approximate surface area is 115 Å². The highest BCUT2D eigenvalue weighted by molar-refractivity contribution is 5.82. The van der Waals surface area contributed by atoms with Gasteiger partial charge >= 0.3 is 0 Å². The van der Waals surface area contributed by atoms with Crippen molar-refractivity contribution in [3.63, 3.8) is 0 Å². The predicted molar refractivity (Wildman–Crippen MR) is 80.3 cm³/mol. The molecule has 19 heavy (non-hydrogen) atoms. The Morgan fingerprint density at radius 2 is 2.26 bits per heavy atom. The molecule has 3 nitrogen and oxygen atoms in total.